The first-order chi connectivity index (χ1) is 17.2. The summed E-state index contributed by atoms with van der Waals surface area (Å²) in [6, 6.07) is -1.73. The van der Waals surface area contributed by atoms with Gasteiger partial charge in [-0.05, 0) is 33.6 Å². The molecule has 0 unspecified atom stereocenters. The van der Waals surface area contributed by atoms with Crippen molar-refractivity contribution >= 4 is 23.7 Å². The number of aliphatic hydroxyl groups is 1. The van der Waals surface area contributed by atoms with Crippen molar-refractivity contribution in [2.24, 2.45) is 11.8 Å². The van der Waals surface area contributed by atoms with Crippen molar-refractivity contribution in [3.63, 3.8) is 0 Å². The lowest BCUT2D eigenvalue weighted by Crippen LogP contribution is -2.58. The predicted octanol–water partition coefficient (Wildman–Crippen LogP) is 0.543. The lowest BCUT2D eigenvalue weighted by molar-refractivity contribution is -0.159. The third-order valence-electron chi connectivity index (χ3n) is 7.70. The molecular weight excluding hydrogens is 466 g/mol. The summed E-state index contributed by atoms with van der Waals surface area (Å²) in [6.07, 6.45) is 6.83. The number of fused-ring (bicyclic) bond motifs is 2. The molecule has 10 nitrogen and oxygen atoms in total. The molecule has 198 valence electrons. The van der Waals surface area contributed by atoms with E-state index in [0.717, 1.165) is 0 Å². The van der Waals surface area contributed by atoms with E-state index in [1.165, 1.54) is 4.90 Å². The number of likely N-dealkylation sites (tertiary alicyclic amines) is 1. The number of nitrogens with zero attached hydrogens (tertiary/aromatic N) is 2. The number of ether oxygens (including phenoxy) is 2. The number of rotatable bonds is 4. The fourth-order valence-electron chi connectivity index (χ4n) is 5.89. The number of nitrogens with one attached hydrogen (secondary N) is 1. The number of aliphatic hydroxyl groups excluding tert-OH is 1. The van der Waals surface area contributed by atoms with Crippen LogP contribution in [0.25, 0.3) is 0 Å². The number of carbonyl (C=O) groups is 4. The Labute approximate surface area is 211 Å². The second-order valence-electron chi connectivity index (χ2n) is 10.3. The molecule has 10 heteroatoms. The van der Waals surface area contributed by atoms with Crippen LogP contribution in [0.1, 0.15) is 47.0 Å². The molecule has 0 bridgehead atoms. The molecule has 0 aromatic heterocycles. The van der Waals surface area contributed by atoms with E-state index in [2.05, 4.69) is 5.32 Å². The summed E-state index contributed by atoms with van der Waals surface area (Å²) < 4.78 is 12.2. The first kappa shape index (κ1) is 26.3. The number of hydrogen-bond acceptors (Lipinski definition) is 7. The van der Waals surface area contributed by atoms with Crippen molar-refractivity contribution in [1.82, 2.24) is 15.1 Å². The molecule has 4 rings (SSSR count). The van der Waals surface area contributed by atoms with Crippen molar-refractivity contribution < 1.29 is 33.8 Å². The highest BCUT2D eigenvalue weighted by molar-refractivity contribution is 5.99. The summed E-state index contributed by atoms with van der Waals surface area (Å²) in [5.74, 6) is -3.37. The number of esters is 1. The van der Waals surface area contributed by atoms with Gasteiger partial charge in [-0.2, -0.15) is 0 Å². The number of allylic oxidation sites excluding steroid dienone is 1. The fraction of sp³-hybridized carbons (Fsp3) is 0.692. The minimum atomic E-state index is -1.38. The summed E-state index contributed by atoms with van der Waals surface area (Å²) in [7, 11) is 0. The van der Waals surface area contributed by atoms with Crippen LogP contribution in [0.3, 0.4) is 0 Å². The van der Waals surface area contributed by atoms with Crippen molar-refractivity contribution in [2.45, 2.75) is 82.9 Å². The molecule has 0 aliphatic carbocycles. The third-order valence-corrected chi connectivity index (χ3v) is 7.70. The maximum atomic E-state index is 14.1. The second kappa shape index (κ2) is 10.3. The molecule has 2 N–H and O–H groups in total. The minimum absolute atomic E-state index is 0.118. The molecule has 0 saturated carbocycles. The highest BCUT2D eigenvalue weighted by Crippen LogP contribution is 2.53. The summed E-state index contributed by atoms with van der Waals surface area (Å²) >= 11 is 0. The van der Waals surface area contributed by atoms with Gasteiger partial charge in [0.25, 0.3) is 0 Å². The van der Waals surface area contributed by atoms with Crippen LogP contribution in [-0.4, -0.2) is 94.2 Å². The lowest BCUT2D eigenvalue weighted by Gasteiger charge is -2.39. The smallest absolute Gasteiger partial charge is 0.313 e. The number of amides is 3. The van der Waals surface area contributed by atoms with E-state index in [9.17, 15) is 24.3 Å². The molecule has 4 aliphatic heterocycles. The summed E-state index contributed by atoms with van der Waals surface area (Å²) in [5, 5.41) is 12.9. The average Bonchev–Trinajstić information content (AvgIpc) is 3.21. The van der Waals surface area contributed by atoms with Gasteiger partial charge in [-0.15, -0.1) is 0 Å². The number of hydrogen-bond donors (Lipinski definition) is 2. The minimum Gasteiger partial charge on any atom is -0.460 e. The van der Waals surface area contributed by atoms with E-state index in [4.69, 9.17) is 9.47 Å². The zero-order valence-electron chi connectivity index (χ0n) is 21.4. The number of carbonyl (C=O) groups excluding carboxylic acids is 4. The van der Waals surface area contributed by atoms with Crippen molar-refractivity contribution in [3.8, 4) is 0 Å². The zero-order valence-corrected chi connectivity index (χ0v) is 21.4. The zero-order chi connectivity index (χ0) is 26.2. The summed E-state index contributed by atoms with van der Waals surface area (Å²) in [4.78, 5) is 56.7. The Bertz CT molecular complexity index is 959. The Morgan fingerprint density at radius 1 is 1.19 bits per heavy atom. The summed E-state index contributed by atoms with van der Waals surface area (Å²) in [5.41, 5.74) is -1.38. The van der Waals surface area contributed by atoms with Gasteiger partial charge in [-0.1, -0.05) is 31.2 Å². The van der Waals surface area contributed by atoms with Gasteiger partial charge in [0.2, 0.25) is 17.7 Å². The van der Waals surface area contributed by atoms with Crippen LogP contribution in [0.15, 0.2) is 24.3 Å². The van der Waals surface area contributed by atoms with Crippen LogP contribution < -0.4 is 5.32 Å². The van der Waals surface area contributed by atoms with E-state index in [-0.39, 0.29) is 37.4 Å². The largest absolute Gasteiger partial charge is 0.460 e. The molecule has 0 aromatic carbocycles. The first-order valence-electron chi connectivity index (χ1n) is 12.9. The highest BCUT2D eigenvalue weighted by atomic mass is 16.6. The molecule has 2 saturated heterocycles. The molecule has 7 atom stereocenters. The fourth-order valence-corrected chi connectivity index (χ4v) is 5.89. The third kappa shape index (κ3) is 4.34. The molecule has 2 fully saturated rings. The topological polar surface area (TPSA) is 125 Å². The Balaban J connectivity index is 1.83. The highest BCUT2D eigenvalue weighted by Gasteiger charge is 2.72. The average molecular weight is 504 g/mol. The SMILES string of the molecule is CC[C@@H](CO)N1C(=O)[C@@H]2[C@H]3C(=O)O[C@H](C)CNC(=O)CC/C=C\[C@H]3O[C@@]23C=CCN(C(C)C)C(=O)[C@@H]13. The van der Waals surface area contributed by atoms with Crippen LogP contribution in [0.5, 0.6) is 0 Å². The van der Waals surface area contributed by atoms with Crippen LogP contribution in [0.2, 0.25) is 0 Å². The van der Waals surface area contributed by atoms with E-state index in [0.29, 0.717) is 19.4 Å². The normalized spacial score (nSPS) is 36.8. The molecule has 3 amide bonds. The Morgan fingerprint density at radius 2 is 1.94 bits per heavy atom. The van der Waals surface area contributed by atoms with Crippen LogP contribution in [0.4, 0.5) is 0 Å². The van der Waals surface area contributed by atoms with Gasteiger partial charge in [0.05, 0.1) is 31.2 Å². The standard InChI is InChI=1S/C26H37N3O7/c1-5-17(14-30)29-22-24(33)28(15(2)3)12-8-11-26(22)21(23(29)32)20-18(36-26)9-6-7-10-19(31)27-13-16(4)35-25(20)34/h6,8-9,11,15-18,20-22,30H,5,7,10,12-14H2,1-4H3,(H,27,31)/b9-6-/t16-,17+,18-,20+,21+,22-,26+/m1/s1. The van der Waals surface area contributed by atoms with Gasteiger partial charge in [-0.3, -0.25) is 19.2 Å². The van der Waals surface area contributed by atoms with Gasteiger partial charge < -0.3 is 29.7 Å². The second-order valence-corrected chi connectivity index (χ2v) is 10.3. The van der Waals surface area contributed by atoms with Gasteiger partial charge in [0, 0.05) is 19.0 Å². The van der Waals surface area contributed by atoms with Gasteiger partial charge in [0.15, 0.2) is 0 Å². The van der Waals surface area contributed by atoms with Crippen LogP contribution in [0, 0.1) is 11.8 Å². The molecule has 0 aromatic rings. The van der Waals surface area contributed by atoms with E-state index in [1.807, 2.05) is 26.8 Å². The summed E-state index contributed by atoms with van der Waals surface area (Å²) in [6.45, 7) is 7.54. The molecular formula is C26H37N3O7. The predicted molar refractivity (Wildman–Crippen MR) is 129 cm³/mol. The van der Waals surface area contributed by atoms with Gasteiger partial charge in [-0.25, -0.2) is 0 Å². The maximum Gasteiger partial charge on any atom is 0.313 e. The lowest BCUT2D eigenvalue weighted by atomic mass is 9.78. The van der Waals surface area contributed by atoms with Crippen molar-refractivity contribution in [1.29, 1.82) is 0 Å². The molecule has 0 radical (unpaired) electrons. The molecule has 4 heterocycles. The van der Waals surface area contributed by atoms with Crippen LogP contribution in [-0.2, 0) is 28.7 Å². The molecule has 1 spiro atoms. The Morgan fingerprint density at radius 3 is 2.61 bits per heavy atom. The first-order valence-corrected chi connectivity index (χ1v) is 12.9. The Kier molecular flexibility index (Phi) is 7.56. The number of cyclic esters (lactones) is 1. The molecule has 4 aliphatic rings. The van der Waals surface area contributed by atoms with Crippen LogP contribution >= 0.6 is 0 Å². The van der Waals surface area contributed by atoms with E-state index < -0.39 is 53.6 Å². The van der Waals surface area contributed by atoms with Gasteiger partial charge >= 0.3 is 5.97 Å². The van der Waals surface area contributed by atoms with E-state index >= 15 is 0 Å². The van der Waals surface area contributed by atoms with E-state index in [1.54, 1.807) is 30.1 Å². The monoisotopic (exact) mass is 503 g/mol. The molecule has 36 heavy (non-hydrogen) atoms. The van der Waals surface area contributed by atoms with Crippen molar-refractivity contribution in [3.05, 3.63) is 24.3 Å². The van der Waals surface area contributed by atoms with Crippen molar-refractivity contribution in [2.75, 3.05) is 19.7 Å². The Hall–Kier alpha value is -2.72. The quantitative estimate of drug-likeness (QED) is 0.424. The van der Waals surface area contributed by atoms with Gasteiger partial charge in [0.1, 0.15) is 23.7 Å². The maximum absolute atomic E-state index is 14.1.